The molecule has 158 valence electrons. The highest BCUT2D eigenvalue weighted by molar-refractivity contribution is 9.10. The van der Waals surface area contributed by atoms with E-state index in [1.165, 1.54) is 11.8 Å². The van der Waals surface area contributed by atoms with E-state index in [1.54, 1.807) is 7.11 Å². The highest BCUT2D eigenvalue weighted by Crippen LogP contribution is 2.22. The zero-order valence-electron chi connectivity index (χ0n) is 17.0. The molecule has 0 aliphatic carbocycles. The number of halogens is 1. The summed E-state index contributed by atoms with van der Waals surface area (Å²) in [6.45, 7) is 4.96. The molecular formula is C21H23BrN4O3S. The summed E-state index contributed by atoms with van der Waals surface area (Å²) >= 11 is 4.81. The van der Waals surface area contributed by atoms with Crippen molar-refractivity contribution in [1.29, 1.82) is 0 Å². The van der Waals surface area contributed by atoms with Crippen LogP contribution in [0.5, 0.6) is 11.5 Å². The van der Waals surface area contributed by atoms with Gasteiger partial charge in [0.15, 0.2) is 11.0 Å². The molecule has 0 aliphatic rings. The van der Waals surface area contributed by atoms with Gasteiger partial charge in [-0.1, -0.05) is 27.7 Å². The maximum Gasteiger partial charge on any atom is 0.234 e. The Morgan fingerprint density at radius 1 is 1.17 bits per heavy atom. The van der Waals surface area contributed by atoms with E-state index in [0.717, 1.165) is 27.2 Å². The van der Waals surface area contributed by atoms with Gasteiger partial charge in [0.25, 0.3) is 0 Å². The summed E-state index contributed by atoms with van der Waals surface area (Å²) in [5.41, 5.74) is 1.83. The maximum absolute atomic E-state index is 12.3. The molecule has 3 rings (SSSR count). The molecule has 0 atom stereocenters. The van der Waals surface area contributed by atoms with Crippen LogP contribution < -0.4 is 14.8 Å². The van der Waals surface area contributed by atoms with Crippen LogP contribution in [0, 0.1) is 6.92 Å². The monoisotopic (exact) mass is 490 g/mol. The number of aromatic nitrogens is 3. The Balaban J connectivity index is 1.56. The van der Waals surface area contributed by atoms with Crippen molar-refractivity contribution in [3.63, 3.8) is 0 Å². The molecule has 0 bridgehead atoms. The zero-order chi connectivity index (χ0) is 21.5. The van der Waals surface area contributed by atoms with Crippen molar-refractivity contribution in [2.24, 2.45) is 0 Å². The van der Waals surface area contributed by atoms with Crippen molar-refractivity contribution in [2.75, 3.05) is 18.2 Å². The van der Waals surface area contributed by atoms with Crippen LogP contribution in [-0.2, 0) is 17.9 Å². The predicted octanol–water partition coefficient (Wildman–Crippen LogP) is 4.69. The molecule has 0 spiro atoms. The van der Waals surface area contributed by atoms with Gasteiger partial charge in [0.05, 0.1) is 12.9 Å². The third kappa shape index (κ3) is 5.76. The minimum Gasteiger partial charge on any atom is -0.497 e. The Morgan fingerprint density at radius 3 is 2.57 bits per heavy atom. The number of hydrogen-bond acceptors (Lipinski definition) is 6. The second kappa shape index (κ2) is 10.5. The van der Waals surface area contributed by atoms with Gasteiger partial charge in [-0.25, -0.2) is 0 Å². The van der Waals surface area contributed by atoms with Gasteiger partial charge < -0.3 is 19.4 Å². The molecule has 1 N–H and O–H groups in total. The largest absolute Gasteiger partial charge is 0.497 e. The Labute approximate surface area is 188 Å². The topological polar surface area (TPSA) is 78.3 Å². The average Bonchev–Trinajstić information content (AvgIpc) is 3.15. The van der Waals surface area contributed by atoms with E-state index in [9.17, 15) is 4.79 Å². The smallest absolute Gasteiger partial charge is 0.234 e. The summed E-state index contributed by atoms with van der Waals surface area (Å²) in [4.78, 5) is 12.3. The SMILES string of the molecule is CCn1c(COc2ccc(OC)cc2)nnc1SCC(=O)Nc1ccc(Br)c(C)c1. The lowest BCUT2D eigenvalue weighted by atomic mass is 10.2. The second-order valence-electron chi connectivity index (χ2n) is 6.41. The molecule has 1 amide bonds. The number of carbonyl (C=O) groups is 1. The minimum absolute atomic E-state index is 0.0941. The Kier molecular flexibility index (Phi) is 7.75. The fourth-order valence-corrected chi connectivity index (χ4v) is 3.79. The normalized spacial score (nSPS) is 10.7. The first kappa shape index (κ1) is 22.2. The van der Waals surface area contributed by atoms with Crippen LogP contribution in [0.1, 0.15) is 18.3 Å². The van der Waals surface area contributed by atoms with Crippen molar-refractivity contribution >= 4 is 39.3 Å². The fraction of sp³-hybridized carbons (Fsp3) is 0.286. The third-order valence-corrected chi connectivity index (χ3v) is 6.17. The molecule has 1 aromatic heterocycles. The van der Waals surface area contributed by atoms with Gasteiger partial charge in [0.2, 0.25) is 5.91 Å². The second-order valence-corrected chi connectivity index (χ2v) is 8.20. The molecule has 30 heavy (non-hydrogen) atoms. The zero-order valence-corrected chi connectivity index (χ0v) is 19.4. The van der Waals surface area contributed by atoms with Gasteiger partial charge in [-0.2, -0.15) is 0 Å². The van der Waals surface area contributed by atoms with Crippen molar-refractivity contribution in [1.82, 2.24) is 14.8 Å². The number of nitrogens with zero attached hydrogens (tertiary/aromatic N) is 3. The number of ether oxygens (including phenoxy) is 2. The lowest BCUT2D eigenvalue weighted by Crippen LogP contribution is -2.15. The molecule has 3 aromatic rings. The van der Waals surface area contributed by atoms with Gasteiger partial charge in [-0.15, -0.1) is 10.2 Å². The van der Waals surface area contributed by atoms with E-state index < -0.39 is 0 Å². The van der Waals surface area contributed by atoms with Gasteiger partial charge in [-0.3, -0.25) is 4.79 Å². The third-order valence-electron chi connectivity index (χ3n) is 4.31. The van der Waals surface area contributed by atoms with E-state index in [4.69, 9.17) is 9.47 Å². The molecule has 0 aliphatic heterocycles. The van der Waals surface area contributed by atoms with E-state index >= 15 is 0 Å². The summed E-state index contributed by atoms with van der Waals surface area (Å²) in [7, 11) is 1.62. The number of methoxy groups -OCH3 is 1. The van der Waals surface area contributed by atoms with Crippen molar-refractivity contribution in [2.45, 2.75) is 32.2 Å². The first-order chi connectivity index (χ1) is 14.5. The van der Waals surface area contributed by atoms with E-state index in [1.807, 2.05) is 60.9 Å². The number of amides is 1. The molecule has 7 nitrogen and oxygen atoms in total. The van der Waals surface area contributed by atoms with Crippen molar-refractivity contribution in [3.05, 3.63) is 58.3 Å². The van der Waals surface area contributed by atoms with Crippen LogP contribution in [-0.4, -0.2) is 33.5 Å². The predicted molar refractivity (Wildman–Crippen MR) is 121 cm³/mol. The fourth-order valence-electron chi connectivity index (χ4n) is 2.72. The highest BCUT2D eigenvalue weighted by Gasteiger charge is 2.14. The standard InChI is InChI=1S/C21H23BrN4O3S/c1-4-26-19(12-29-17-8-6-16(28-3)7-9-17)24-25-21(26)30-13-20(27)23-15-5-10-18(22)14(2)11-15/h5-11H,4,12-13H2,1-3H3,(H,23,27). The molecule has 9 heteroatoms. The first-order valence-electron chi connectivity index (χ1n) is 9.38. The molecule has 0 saturated carbocycles. The van der Waals surface area contributed by atoms with Gasteiger partial charge >= 0.3 is 0 Å². The number of aryl methyl sites for hydroxylation is 1. The van der Waals surface area contributed by atoms with Crippen LogP contribution >= 0.6 is 27.7 Å². The van der Waals surface area contributed by atoms with Crippen LogP contribution in [0.3, 0.4) is 0 Å². The minimum atomic E-state index is -0.0941. The summed E-state index contributed by atoms with van der Waals surface area (Å²) in [6, 6.07) is 13.1. The van der Waals surface area contributed by atoms with Gasteiger partial charge in [0.1, 0.15) is 18.1 Å². The Bertz CT molecular complexity index is 1010. The van der Waals surface area contributed by atoms with Crippen molar-refractivity contribution in [3.8, 4) is 11.5 Å². The number of anilines is 1. The maximum atomic E-state index is 12.3. The van der Waals surface area contributed by atoms with Gasteiger partial charge in [-0.05, 0) is 61.9 Å². The van der Waals surface area contributed by atoms with E-state index in [2.05, 4.69) is 31.4 Å². The summed E-state index contributed by atoms with van der Waals surface area (Å²) in [6.07, 6.45) is 0. The number of hydrogen-bond donors (Lipinski definition) is 1. The number of thioether (sulfide) groups is 1. The van der Waals surface area contributed by atoms with E-state index in [-0.39, 0.29) is 18.3 Å². The Morgan fingerprint density at radius 2 is 1.90 bits per heavy atom. The molecule has 1 heterocycles. The molecule has 0 fully saturated rings. The molecule has 0 saturated heterocycles. The summed E-state index contributed by atoms with van der Waals surface area (Å²) in [5, 5.41) is 12.0. The number of benzene rings is 2. The summed E-state index contributed by atoms with van der Waals surface area (Å²) < 4.78 is 13.9. The van der Waals surface area contributed by atoms with Crippen LogP contribution in [0.25, 0.3) is 0 Å². The van der Waals surface area contributed by atoms with Crippen molar-refractivity contribution < 1.29 is 14.3 Å². The number of carbonyl (C=O) groups excluding carboxylic acids is 1. The molecule has 2 aromatic carbocycles. The molecule has 0 unspecified atom stereocenters. The lowest BCUT2D eigenvalue weighted by Gasteiger charge is -2.10. The number of nitrogens with one attached hydrogen (secondary N) is 1. The molecule has 0 radical (unpaired) electrons. The average molecular weight is 491 g/mol. The van der Waals surface area contributed by atoms with Crippen LogP contribution in [0.2, 0.25) is 0 Å². The van der Waals surface area contributed by atoms with Crippen LogP contribution in [0.15, 0.2) is 52.1 Å². The molecular weight excluding hydrogens is 468 g/mol. The lowest BCUT2D eigenvalue weighted by molar-refractivity contribution is -0.113. The van der Waals surface area contributed by atoms with Crippen LogP contribution in [0.4, 0.5) is 5.69 Å². The first-order valence-corrected chi connectivity index (χ1v) is 11.2. The van der Waals surface area contributed by atoms with Gasteiger partial charge in [0, 0.05) is 16.7 Å². The van der Waals surface area contributed by atoms with E-state index in [0.29, 0.717) is 17.5 Å². The Hall–Kier alpha value is -2.52. The quantitative estimate of drug-likeness (QED) is 0.438. The summed E-state index contributed by atoms with van der Waals surface area (Å²) in [5.74, 6) is 2.35. The number of rotatable bonds is 9. The highest BCUT2D eigenvalue weighted by atomic mass is 79.9.